The number of urea groups is 1. The molecule has 2 heterocycles. The highest BCUT2D eigenvalue weighted by Crippen LogP contribution is 2.22. The normalized spacial score (nSPS) is 17.2. The summed E-state index contributed by atoms with van der Waals surface area (Å²) in [6.07, 6.45) is 0. The minimum atomic E-state index is -0.133. The molecule has 1 atom stereocenters. The number of aryl methyl sites for hydroxylation is 2. The van der Waals surface area contributed by atoms with Crippen molar-refractivity contribution in [2.75, 3.05) is 45.9 Å². The number of hydrogen-bond acceptors (Lipinski definition) is 5. The van der Waals surface area contributed by atoms with Crippen LogP contribution in [0.5, 0.6) is 0 Å². The molecule has 7 nitrogen and oxygen atoms in total. The maximum Gasteiger partial charge on any atom is 0.314 e. The second-order valence-corrected chi connectivity index (χ2v) is 5.73. The number of amides is 2. The van der Waals surface area contributed by atoms with Gasteiger partial charge in [-0.3, -0.25) is 4.90 Å². The molecule has 1 aromatic rings. The number of hydrogen-bond donors (Lipinski definition) is 2. The van der Waals surface area contributed by atoms with Crippen LogP contribution < -0.4 is 10.6 Å². The van der Waals surface area contributed by atoms with Crippen molar-refractivity contribution in [1.29, 1.82) is 0 Å². The molecule has 1 saturated heterocycles. The molecular weight excluding hydrogens is 284 g/mol. The molecule has 1 fully saturated rings. The maximum absolute atomic E-state index is 11.8. The molecule has 1 aliphatic heterocycles. The molecule has 0 aromatic carbocycles. The van der Waals surface area contributed by atoms with Crippen LogP contribution >= 0.6 is 0 Å². The summed E-state index contributed by atoms with van der Waals surface area (Å²) in [4.78, 5) is 14.1. The molecule has 0 radical (unpaired) electrons. The Hall–Kier alpha value is -1.60. The first-order valence-electron chi connectivity index (χ1n) is 7.82. The van der Waals surface area contributed by atoms with E-state index in [1.807, 2.05) is 13.8 Å². The average Bonchev–Trinajstić information content (AvgIpc) is 2.85. The zero-order chi connectivity index (χ0) is 15.9. The number of morpholine rings is 1. The lowest BCUT2D eigenvalue weighted by molar-refractivity contribution is 0.0387. The van der Waals surface area contributed by atoms with E-state index in [4.69, 9.17) is 9.26 Å². The molecule has 0 spiro atoms. The second-order valence-electron chi connectivity index (χ2n) is 5.73. The number of carbonyl (C=O) groups is 1. The SMILES string of the molecule is Cc1noc(C)c1[C@H](C)CNC(=O)NCCN1CCOCC1. The first-order valence-corrected chi connectivity index (χ1v) is 7.82. The number of rotatable bonds is 6. The molecular formula is C15H26N4O3. The third kappa shape index (κ3) is 4.71. The molecule has 0 bridgehead atoms. The lowest BCUT2D eigenvalue weighted by Crippen LogP contribution is -2.44. The van der Waals surface area contributed by atoms with Gasteiger partial charge in [-0.1, -0.05) is 12.1 Å². The lowest BCUT2D eigenvalue weighted by Gasteiger charge is -2.26. The van der Waals surface area contributed by atoms with Gasteiger partial charge in [0.2, 0.25) is 0 Å². The Balaban J connectivity index is 1.65. The van der Waals surface area contributed by atoms with E-state index in [0.717, 1.165) is 49.9 Å². The fraction of sp³-hybridized carbons (Fsp3) is 0.733. The summed E-state index contributed by atoms with van der Waals surface area (Å²) in [5, 5.41) is 9.74. The van der Waals surface area contributed by atoms with Crippen molar-refractivity contribution in [3.63, 3.8) is 0 Å². The molecule has 124 valence electrons. The van der Waals surface area contributed by atoms with Crippen LogP contribution in [0.4, 0.5) is 4.79 Å². The van der Waals surface area contributed by atoms with Gasteiger partial charge in [0.1, 0.15) is 5.76 Å². The predicted molar refractivity (Wildman–Crippen MR) is 83.1 cm³/mol. The van der Waals surface area contributed by atoms with Crippen molar-refractivity contribution in [2.24, 2.45) is 0 Å². The smallest absolute Gasteiger partial charge is 0.314 e. The van der Waals surface area contributed by atoms with E-state index in [0.29, 0.717) is 13.1 Å². The summed E-state index contributed by atoms with van der Waals surface area (Å²) < 4.78 is 10.5. The number of ether oxygens (including phenoxy) is 1. The van der Waals surface area contributed by atoms with Crippen molar-refractivity contribution in [2.45, 2.75) is 26.7 Å². The highest BCUT2D eigenvalue weighted by Gasteiger charge is 2.17. The summed E-state index contributed by atoms with van der Waals surface area (Å²) in [6, 6.07) is -0.133. The van der Waals surface area contributed by atoms with Crippen LogP contribution in [0.3, 0.4) is 0 Å². The average molecular weight is 310 g/mol. The van der Waals surface area contributed by atoms with Crippen molar-refractivity contribution < 1.29 is 14.1 Å². The Morgan fingerprint density at radius 3 is 2.68 bits per heavy atom. The van der Waals surface area contributed by atoms with E-state index in [-0.39, 0.29) is 11.9 Å². The molecule has 1 aliphatic rings. The van der Waals surface area contributed by atoms with Crippen molar-refractivity contribution in [3.8, 4) is 0 Å². The van der Waals surface area contributed by atoms with E-state index in [2.05, 4.69) is 27.6 Å². The molecule has 2 N–H and O–H groups in total. The fourth-order valence-corrected chi connectivity index (χ4v) is 2.76. The first kappa shape index (κ1) is 16.8. The largest absolute Gasteiger partial charge is 0.379 e. The monoisotopic (exact) mass is 310 g/mol. The van der Waals surface area contributed by atoms with E-state index < -0.39 is 0 Å². The highest BCUT2D eigenvalue weighted by molar-refractivity contribution is 5.73. The lowest BCUT2D eigenvalue weighted by atomic mass is 10.00. The van der Waals surface area contributed by atoms with Crippen molar-refractivity contribution in [1.82, 2.24) is 20.7 Å². The Bertz CT molecular complexity index is 464. The van der Waals surface area contributed by atoms with Gasteiger partial charge in [-0.25, -0.2) is 4.79 Å². The minimum absolute atomic E-state index is 0.133. The van der Waals surface area contributed by atoms with Crippen molar-refractivity contribution >= 4 is 6.03 Å². The fourth-order valence-electron chi connectivity index (χ4n) is 2.76. The van der Waals surface area contributed by atoms with E-state index >= 15 is 0 Å². The second kappa shape index (κ2) is 8.14. The Labute approximate surface area is 131 Å². The molecule has 0 saturated carbocycles. The third-order valence-corrected chi connectivity index (χ3v) is 3.97. The van der Waals surface area contributed by atoms with Gasteiger partial charge in [-0.15, -0.1) is 0 Å². The predicted octanol–water partition coefficient (Wildman–Crippen LogP) is 1.03. The van der Waals surface area contributed by atoms with Crippen molar-refractivity contribution in [3.05, 3.63) is 17.0 Å². The number of nitrogens with zero attached hydrogens (tertiary/aromatic N) is 2. The van der Waals surface area contributed by atoms with Crippen LogP contribution in [-0.4, -0.2) is 62.0 Å². The molecule has 22 heavy (non-hydrogen) atoms. The standard InChI is InChI=1S/C15H26N4O3/c1-11(14-12(2)18-22-13(14)3)10-17-15(20)16-4-5-19-6-8-21-9-7-19/h11H,4-10H2,1-3H3,(H2,16,17,20)/t11-/m1/s1. The van der Waals surface area contributed by atoms with Crippen LogP contribution in [0.2, 0.25) is 0 Å². The maximum atomic E-state index is 11.8. The van der Waals surface area contributed by atoms with Crippen LogP contribution in [0.25, 0.3) is 0 Å². The quantitative estimate of drug-likeness (QED) is 0.820. The minimum Gasteiger partial charge on any atom is -0.379 e. The zero-order valence-corrected chi connectivity index (χ0v) is 13.6. The van der Waals surface area contributed by atoms with Gasteiger partial charge in [0.25, 0.3) is 0 Å². The summed E-state index contributed by atoms with van der Waals surface area (Å²) in [5.74, 6) is 0.996. The number of nitrogens with one attached hydrogen (secondary N) is 2. The number of carbonyl (C=O) groups excluding carboxylic acids is 1. The van der Waals surface area contributed by atoms with Crippen LogP contribution in [0.15, 0.2) is 4.52 Å². The van der Waals surface area contributed by atoms with Gasteiger partial charge in [0.05, 0.1) is 18.9 Å². The van der Waals surface area contributed by atoms with Gasteiger partial charge < -0.3 is 19.9 Å². The topological polar surface area (TPSA) is 79.6 Å². The van der Waals surface area contributed by atoms with E-state index in [9.17, 15) is 4.79 Å². The van der Waals surface area contributed by atoms with Gasteiger partial charge in [0, 0.05) is 44.2 Å². The Kier molecular flexibility index (Phi) is 6.21. The molecule has 1 aromatic heterocycles. The Morgan fingerprint density at radius 2 is 2.05 bits per heavy atom. The van der Waals surface area contributed by atoms with Gasteiger partial charge in [-0.05, 0) is 13.8 Å². The summed E-state index contributed by atoms with van der Waals surface area (Å²) in [7, 11) is 0. The van der Waals surface area contributed by atoms with Gasteiger partial charge >= 0.3 is 6.03 Å². The molecule has 0 aliphatic carbocycles. The highest BCUT2D eigenvalue weighted by atomic mass is 16.5. The molecule has 0 unspecified atom stereocenters. The number of aromatic nitrogens is 1. The van der Waals surface area contributed by atoms with Crippen LogP contribution in [0.1, 0.15) is 29.9 Å². The molecule has 2 rings (SSSR count). The van der Waals surface area contributed by atoms with Gasteiger partial charge in [-0.2, -0.15) is 0 Å². The van der Waals surface area contributed by atoms with Gasteiger partial charge in [0.15, 0.2) is 0 Å². The van der Waals surface area contributed by atoms with E-state index in [1.54, 1.807) is 0 Å². The van der Waals surface area contributed by atoms with E-state index in [1.165, 1.54) is 0 Å². The summed E-state index contributed by atoms with van der Waals surface area (Å²) in [5.41, 5.74) is 1.97. The van der Waals surface area contributed by atoms with Crippen LogP contribution in [-0.2, 0) is 4.74 Å². The molecule has 2 amide bonds. The summed E-state index contributed by atoms with van der Waals surface area (Å²) >= 11 is 0. The Morgan fingerprint density at radius 1 is 1.32 bits per heavy atom. The third-order valence-electron chi connectivity index (χ3n) is 3.97. The zero-order valence-electron chi connectivity index (χ0n) is 13.6. The van der Waals surface area contributed by atoms with Crippen LogP contribution in [0, 0.1) is 13.8 Å². The summed E-state index contributed by atoms with van der Waals surface area (Å²) in [6.45, 7) is 11.4. The first-order chi connectivity index (χ1) is 10.6. The molecule has 7 heteroatoms.